The summed E-state index contributed by atoms with van der Waals surface area (Å²) in [5, 5.41) is 0. The minimum atomic E-state index is -2.06. The maximum Gasteiger partial charge on any atom is 0.241 e. The highest BCUT2D eigenvalue weighted by atomic mass is 79.9. The minimum Gasteiger partial charge on any atom is -0.349 e. The smallest absolute Gasteiger partial charge is 0.241 e. The number of halogens is 1. The highest BCUT2D eigenvalue weighted by Gasteiger charge is 2.74. The van der Waals surface area contributed by atoms with Crippen LogP contribution in [0.15, 0.2) is 77.3 Å². The molecule has 2 aliphatic heterocycles. The number of amides is 2. The topological polar surface area (TPSA) is 80.8 Å². The molecule has 2 saturated heterocycles. The molecular formula is C27H18BrNO5. The van der Waals surface area contributed by atoms with Crippen LogP contribution in [0.3, 0.4) is 0 Å². The molecule has 3 aromatic carbocycles. The molecular weight excluding hydrogens is 498 g/mol. The molecule has 3 aromatic rings. The number of carbonyl (C=O) groups excluding carboxylic acids is 4. The molecule has 0 saturated carbocycles. The standard InChI is InChI=1S/C27H18BrNO5/c1-14-9-11-17(12-10-14)29-25(32)20-21(26(29)33)27(34-22(20)15-5-4-6-16(28)13-15)23(30)18-7-2-3-8-19(18)24(27)31/h2-13,20-22H,1H3/t20-,21-,22-/m0/s1. The lowest BCUT2D eigenvalue weighted by molar-refractivity contribution is -0.127. The maximum atomic E-state index is 13.8. The third-order valence-electron chi connectivity index (χ3n) is 6.99. The molecule has 6 rings (SSSR count). The Hall–Kier alpha value is -3.42. The van der Waals surface area contributed by atoms with Crippen LogP contribution in [-0.2, 0) is 14.3 Å². The van der Waals surface area contributed by atoms with Gasteiger partial charge < -0.3 is 4.74 Å². The van der Waals surface area contributed by atoms with E-state index >= 15 is 0 Å². The Morgan fingerprint density at radius 1 is 0.824 bits per heavy atom. The van der Waals surface area contributed by atoms with Crippen LogP contribution < -0.4 is 4.90 Å². The van der Waals surface area contributed by atoms with Gasteiger partial charge in [-0.05, 0) is 36.8 Å². The largest absolute Gasteiger partial charge is 0.349 e. The SMILES string of the molecule is Cc1ccc(N2C(=O)[C@H]3[C@@H](C2=O)C2(O[C@H]3c3cccc(Br)c3)C(=O)c3ccccc3C2=O)cc1. The Morgan fingerprint density at radius 3 is 2.09 bits per heavy atom. The summed E-state index contributed by atoms with van der Waals surface area (Å²) >= 11 is 3.43. The first-order chi connectivity index (χ1) is 16.3. The van der Waals surface area contributed by atoms with Crippen molar-refractivity contribution in [3.63, 3.8) is 0 Å². The number of hydrogen-bond acceptors (Lipinski definition) is 5. The minimum absolute atomic E-state index is 0.218. The van der Waals surface area contributed by atoms with Crippen molar-refractivity contribution in [2.75, 3.05) is 4.90 Å². The van der Waals surface area contributed by atoms with Crippen molar-refractivity contribution >= 4 is 45.0 Å². The first kappa shape index (κ1) is 21.1. The molecule has 0 radical (unpaired) electrons. The van der Waals surface area contributed by atoms with Crippen molar-refractivity contribution in [1.29, 1.82) is 0 Å². The first-order valence-electron chi connectivity index (χ1n) is 10.9. The quantitative estimate of drug-likeness (QED) is 0.372. The Balaban J connectivity index is 1.55. The lowest BCUT2D eigenvalue weighted by atomic mass is 9.77. The average molecular weight is 516 g/mol. The normalized spacial score (nSPS) is 24.8. The molecule has 3 aliphatic rings. The molecule has 0 N–H and O–H groups in total. The second-order valence-electron chi connectivity index (χ2n) is 8.88. The molecule has 2 fully saturated rings. The summed E-state index contributed by atoms with van der Waals surface area (Å²) in [7, 11) is 0. The van der Waals surface area contributed by atoms with E-state index in [1.807, 2.05) is 25.1 Å². The van der Waals surface area contributed by atoms with Gasteiger partial charge in [0.15, 0.2) is 0 Å². The van der Waals surface area contributed by atoms with Crippen LogP contribution in [0.25, 0.3) is 0 Å². The molecule has 2 heterocycles. The predicted octanol–water partition coefficient (Wildman–Crippen LogP) is 4.45. The average Bonchev–Trinajstić information content (AvgIpc) is 3.40. The zero-order chi connectivity index (χ0) is 23.8. The Kier molecular flexibility index (Phi) is 4.53. The van der Waals surface area contributed by atoms with Crippen LogP contribution >= 0.6 is 15.9 Å². The molecule has 3 atom stereocenters. The van der Waals surface area contributed by atoms with Crippen LogP contribution in [-0.4, -0.2) is 29.0 Å². The number of fused-ring (bicyclic) bond motifs is 3. The van der Waals surface area contributed by atoms with Crippen molar-refractivity contribution in [2.45, 2.75) is 18.6 Å². The third kappa shape index (κ3) is 2.65. The second kappa shape index (κ2) is 7.29. The van der Waals surface area contributed by atoms with Gasteiger partial charge in [0.1, 0.15) is 0 Å². The Morgan fingerprint density at radius 2 is 1.47 bits per heavy atom. The molecule has 6 nitrogen and oxygen atoms in total. The Labute approximate surface area is 203 Å². The lowest BCUT2D eigenvalue weighted by Crippen LogP contribution is -2.51. The van der Waals surface area contributed by atoms with Gasteiger partial charge in [0.2, 0.25) is 29.0 Å². The number of hydrogen-bond donors (Lipinski definition) is 0. The molecule has 0 bridgehead atoms. The number of anilines is 1. The van der Waals surface area contributed by atoms with E-state index in [9.17, 15) is 19.2 Å². The number of Topliss-reactive ketones (excluding diaryl/α,β-unsaturated/α-hetero) is 2. The fraction of sp³-hybridized carbons (Fsp3) is 0.185. The second-order valence-corrected chi connectivity index (χ2v) is 9.80. The van der Waals surface area contributed by atoms with Gasteiger partial charge in [-0.1, -0.05) is 70.0 Å². The van der Waals surface area contributed by atoms with Crippen molar-refractivity contribution in [3.05, 3.63) is 99.5 Å². The van der Waals surface area contributed by atoms with Crippen LogP contribution in [0.2, 0.25) is 0 Å². The number of imide groups is 1. The number of carbonyl (C=O) groups is 4. The van der Waals surface area contributed by atoms with Gasteiger partial charge in [-0.15, -0.1) is 0 Å². The van der Waals surface area contributed by atoms with Gasteiger partial charge in [0.05, 0.1) is 23.6 Å². The predicted molar refractivity (Wildman–Crippen MR) is 126 cm³/mol. The van der Waals surface area contributed by atoms with Gasteiger partial charge in [0, 0.05) is 15.6 Å². The van der Waals surface area contributed by atoms with Crippen molar-refractivity contribution in [1.82, 2.24) is 0 Å². The van der Waals surface area contributed by atoms with E-state index in [2.05, 4.69) is 15.9 Å². The zero-order valence-electron chi connectivity index (χ0n) is 18.0. The first-order valence-corrected chi connectivity index (χ1v) is 11.7. The molecule has 2 amide bonds. The van der Waals surface area contributed by atoms with Crippen molar-refractivity contribution in [2.24, 2.45) is 11.8 Å². The highest BCUT2D eigenvalue weighted by Crippen LogP contribution is 2.57. The number of ketones is 2. The summed E-state index contributed by atoms with van der Waals surface area (Å²) in [4.78, 5) is 56.2. The zero-order valence-corrected chi connectivity index (χ0v) is 19.6. The summed E-state index contributed by atoms with van der Waals surface area (Å²) in [5.74, 6) is -4.45. The van der Waals surface area contributed by atoms with Crippen LogP contribution in [0.5, 0.6) is 0 Å². The van der Waals surface area contributed by atoms with E-state index in [1.165, 1.54) is 0 Å². The molecule has 1 aliphatic carbocycles. The highest BCUT2D eigenvalue weighted by molar-refractivity contribution is 9.10. The lowest BCUT2D eigenvalue weighted by Gasteiger charge is -2.27. The maximum absolute atomic E-state index is 13.8. The van der Waals surface area contributed by atoms with E-state index in [-0.39, 0.29) is 11.1 Å². The van der Waals surface area contributed by atoms with Gasteiger partial charge >= 0.3 is 0 Å². The van der Waals surface area contributed by atoms with Crippen LogP contribution in [0.4, 0.5) is 5.69 Å². The number of rotatable bonds is 2. The van der Waals surface area contributed by atoms with Gasteiger partial charge in [-0.25, -0.2) is 4.90 Å². The van der Waals surface area contributed by atoms with Gasteiger partial charge in [0.25, 0.3) is 0 Å². The van der Waals surface area contributed by atoms with Crippen molar-refractivity contribution < 1.29 is 23.9 Å². The number of benzene rings is 3. The fourth-order valence-corrected chi connectivity index (χ4v) is 5.87. The van der Waals surface area contributed by atoms with E-state index < -0.39 is 46.9 Å². The summed E-state index contributed by atoms with van der Waals surface area (Å²) in [6, 6.07) is 20.6. The van der Waals surface area contributed by atoms with E-state index in [1.54, 1.807) is 54.6 Å². The molecule has 1 spiro atoms. The van der Waals surface area contributed by atoms with E-state index in [0.717, 1.165) is 14.9 Å². The Bertz CT molecular complexity index is 1380. The fourth-order valence-electron chi connectivity index (χ4n) is 5.45. The summed E-state index contributed by atoms with van der Waals surface area (Å²) in [6.45, 7) is 1.91. The van der Waals surface area contributed by atoms with Crippen LogP contribution in [0.1, 0.15) is 37.9 Å². The summed E-state index contributed by atoms with van der Waals surface area (Å²) < 4.78 is 7.04. The number of ether oxygens (including phenoxy) is 1. The van der Waals surface area contributed by atoms with E-state index in [0.29, 0.717) is 11.3 Å². The summed E-state index contributed by atoms with van der Waals surface area (Å²) in [5.41, 5.74) is 0.378. The van der Waals surface area contributed by atoms with Gasteiger partial charge in [-0.3, -0.25) is 19.2 Å². The van der Waals surface area contributed by atoms with Crippen LogP contribution in [0, 0.1) is 18.8 Å². The molecule has 168 valence electrons. The van der Waals surface area contributed by atoms with Crippen molar-refractivity contribution in [3.8, 4) is 0 Å². The van der Waals surface area contributed by atoms with E-state index in [4.69, 9.17) is 4.74 Å². The third-order valence-corrected chi connectivity index (χ3v) is 7.48. The molecule has 34 heavy (non-hydrogen) atoms. The molecule has 0 unspecified atom stereocenters. The molecule has 0 aromatic heterocycles. The summed E-state index contributed by atoms with van der Waals surface area (Å²) in [6.07, 6.45) is -0.934. The number of nitrogens with zero attached hydrogens (tertiary/aromatic N) is 1. The molecule has 7 heteroatoms. The van der Waals surface area contributed by atoms with Gasteiger partial charge in [-0.2, -0.15) is 0 Å². The monoisotopic (exact) mass is 515 g/mol. The number of aryl methyl sites for hydroxylation is 1.